The Labute approximate surface area is 130 Å². The van der Waals surface area contributed by atoms with E-state index in [1.54, 1.807) is 6.07 Å². The molecule has 0 aromatic heterocycles. The fraction of sp³-hybridized carbons (Fsp3) is 0.278. The SMILES string of the molecule is CC1CCc2ccccc2N1CC(=O)Nc1ccccc1N. The van der Waals surface area contributed by atoms with Crippen molar-refractivity contribution in [3.05, 3.63) is 54.1 Å². The van der Waals surface area contributed by atoms with Crippen molar-refractivity contribution >= 4 is 23.0 Å². The van der Waals surface area contributed by atoms with Crippen LogP contribution < -0.4 is 16.0 Å². The second-order valence-corrected chi connectivity index (χ2v) is 5.78. The Hall–Kier alpha value is -2.49. The fourth-order valence-corrected chi connectivity index (χ4v) is 2.96. The van der Waals surface area contributed by atoms with Crippen LogP contribution in [0.1, 0.15) is 18.9 Å². The molecule has 4 nitrogen and oxygen atoms in total. The zero-order valence-electron chi connectivity index (χ0n) is 12.8. The molecule has 4 heteroatoms. The first-order valence-electron chi connectivity index (χ1n) is 7.64. The molecule has 1 aliphatic heterocycles. The van der Waals surface area contributed by atoms with Crippen LogP contribution >= 0.6 is 0 Å². The summed E-state index contributed by atoms with van der Waals surface area (Å²) in [5, 5.41) is 2.90. The molecule has 0 aliphatic carbocycles. The van der Waals surface area contributed by atoms with Gasteiger partial charge in [-0.2, -0.15) is 0 Å². The summed E-state index contributed by atoms with van der Waals surface area (Å²) >= 11 is 0. The number of rotatable bonds is 3. The molecule has 1 heterocycles. The number of para-hydroxylation sites is 3. The first-order valence-corrected chi connectivity index (χ1v) is 7.64. The Morgan fingerprint density at radius 1 is 1.23 bits per heavy atom. The number of carbonyl (C=O) groups is 1. The highest BCUT2D eigenvalue weighted by Crippen LogP contribution is 2.30. The number of nitrogens with one attached hydrogen (secondary N) is 1. The minimum Gasteiger partial charge on any atom is -0.397 e. The second kappa shape index (κ2) is 6.10. The monoisotopic (exact) mass is 295 g/mol. The molecule has 1 atom stereocenters. The quantitative estimate of drug-likeness (QED) is 0.856. The average molecular weight is 295 g/mol. The van der Waals surface area contributed by atoms with Crippen LogP contribution in [0.2, 0.25) is 0 Å². The normalized spacial score (nSPS) is 17.0. The Morgan fingerprint density at radius 3 is 2.77 bits per heavy atom. The van der Waals surface area contributed by atoms with Gasteiger partial charge < -0.3 is 16.0 Å². The Morgan fingerprint density at radius 2 is 1.95 bits per heavy atom. The molecule has 1 unspecified atom stereocenters. The number of hydrogen-bond donors (Lipinski definition) is 2. The number of amides is 1. The highest BCUT2D eigenvalue weighted by molar-refractivity contribution is 5.96. The van der Waals surface area contributed by atoms with Gasteiger partial charge in [0.2, 0.25) is 5.91 Å². The lowest BCUT2D eigenvalue weighted by molar-refractivity contribution is -0.115. The summed E-state index contributed by atoms with van der Waals surface area (Å²) in [6.07, 6.45) is 2.14. The van der Waals surface area contributed by atoms with Gasteiger partial charge in [0.15, 0.2) is 0 Å². The number of nitrogen functional groups attached to an aromatic ring is 1. The van der Waals surface area contributed by atoms with Gasteiger partial charge in [-0.25, -0.2) is 0 Å². The van der Waals surface area contributed by atoms with Gasteiger partial charge in [-0.3, -0.25) is 4.79 Å². The highest BCUT2D eigenvalue weighted by Gasteiger charge is 2.24. The van der Waals surface area contributed by atoms with E-state index >= 15 is 0 Å². The maximum atomic E-state index is 12.4. The highest BCUT2D eigenvalue weighted by atomic mass is 16.2. The minimum atomic E-state index is -0.0403. The molecule has 3 rings (SSSR count). The molecule has 0 spiro atoms. The van der Waals surface area contributed by atoms with Gasteiger partial charge in [-0.1, -0.05) is 30.3 Å². The number of hydrogen-bond acceptors (Lipinski definition) is 3. The number of carbonyl (C=O) groups excluding carboxylic acids is 1. The van der Waals surface area contributed by atoms with Crippen LogP contribution in [0.25, 0.3) is 0 Å². The topological polar surface area (TPSA) is 58.4 Å². The number of aryl methyl sites for hydroxylation is 1. The molecule has 0 saturated heterocycles. The maximum absolute atomic E-state index is 12.4. The van der Waals surface area contributed by atoms with E-state index in [-0.39, 0.29) is 5.91 Å². The third-order valence-electron chi connectivity index (χ3n) is 4.21. The lowest BCUT2D eigenvalue weighted by Crippen LogP contribution is -2.42. The molecule has 0 bridgehead atoms. The van der Waals surface area contributed by atoms with E-state index < -0.39 is 0 Å². The maximum Gasteiger partial charge on any atom is 0.243 e. The molecule has 1 amide bonds. The third kappa shape index (κ3) is 2.91. The Kier molecular flexibility index (Phi) is 4.00. The summed E-state index contributed by atoms with van der Waals surface area (Å²) in [4.78, 5) is 14.6. The first kappa shape index (κ1) is 14.4. The molecule has 114 valence electrons. The van der Waals surface area contributed by atoms with E-state index in [0.29, 0.717) is 24.0 Å². The predicted molar refractivity (Wildman–Crippen MR) is 91.1 cm³/mol. The Bertz CT molecular complexity index is 684. The minimum absolute atomic E-state index is 0.0403. The number of fused-ring (bicyclic) bond motifs is 1. The van der Waals surface area contributed by atoms with Crippen molar-refractivity contribution in [1.82, 2.24) is 0 Å². The molecule has 2 aromatic carbocycles. The lowest BCUT2D eigenvalue weighted by atomic mass is 9.96. The van der Waals surface area contributed by atoms with Crippen LogP contribution in [-0.2, 0) is 11.2 Å². The summed E-state index contributed by atoms with van der Waals surface area (Å²) in [6.45, 7) is 2.51. The van der Waals surface area contributed by atoms with Crippen molar-refractivity contribution in [2.45, 2.75) is 25.8 Å². The van der Waals surface area contributed by atoms with Crippen molar-refractivity contribution in [3.63, 3.8) is 0 Å². The summed E-state index contributed by atoms with van der Waals surface area (Å²) < 4.78 is 0. The van der Waals surface area contributed by atoms with E-state index in [4.69, 9.17) is 5.73 Å². The molecule has 2 aromatic rings. The van der Waals surface area contributed by atoms with Crippen LogP contribution in [0, 0.1) is 0 Å². The number of anilines is 3. The van der Waals surface area contributed by atoms with E-state index in [2.05, 4.69) is 35.3 Å². The molecular formula is C18H21N3O. The molecule has 1 aliphatic rings. The summed E-state index contributed by atoms with van der Waals surface area (Å²) in [7, 11) is 0. The lowest BCUT2D eigenvalue weighted by Gasteiger charge is -2.36. The molecule has 0 saturated carbocycles. The molecular weight excluding hydrogens is 274 g/mol. The van der Waals surface area contributed by atoms with E-state index in [0.717, 1.165) is 18.5 Å². The van der Waals surface area contributed by atoms with Crippen LogP contribution in [-0.4, -0.2) is 18.5 Å². The van der Waals surface area contributed by atoms with Crippen LogP contribution in [0.3, 0.4) is 0 Å². The van der Waals surface area contributed by atoms with E-state index in [1.165, 1.54) is 5.56 Å². The van der Waals surface area contributed by atoms with Crippen molar-refractivity contribution in [1.29, 1.82) is 0 Å². The molecule has 0 radical (unpaired) electrons. The first-order chi connectivity index (χ1) is 10.6. The van der Waals surface area contributed by atoms with Gasteiger partial charge in [-0.15, -0.1) is 0 Å². The van der Waals surface area contributed by atoms with Crippen LogP contribution in [0.5, 0.6) is 0 Å². The standard InChI is InChI=1S/C18H21N3O/c1-13-10-11-14-6-2-5-9-17(14)21(13)12-18(22)20-16-8-4-3-7-15(16)19/h2-9,13H,10-12,19H2,1H3,(H,20,22). The summed E-state index contributed by atoms with van der Waals surface area (Å²) in [6, 6.07) is 16.0. The smallest absolute Gasteiger partial charge is 0.243 e. The third-order valence-corrected chi connectivity index (χ3v) is 4.21. The van der Waals surface area contributed by atoms with Crippen molar-refractivity contribution < 1.29 is 4.79 Å². The van der Waals surface area contributed by atoms with Crippen LogP contribution in [0.15, 0.2) is 48.5 Å². The van der Waals surface area contributed by atoms with Gasteiger partial charge in [0.1, 0.15) is 0 Å². The van der Waals surface area contributed by atoms with E-state index in [1.807, 2.05) is 24.3 Å². The average Bonchev–Trinajstić information content (AvgIpc) is 2.52. The van der Waals surface area contributed by atoms with Gasteiger partial charge in [-0.05, 0) is 43.5 Å². The largest absolute Gasteiger partial charge is 0.397 e. The van der Waals surface area contributed by atoms with Gasteiger partial charge in [0.25, 0.3) is 0 Å². The zero-order chi connectivity index (χ0) is 15.5. The van der Waals surface area contributed by atoms with Crippen molar-refractivity contribution in [2.24, 2.45) is 0 Å². The van der Waals surface area contributed by atoms with Crippen molar-refractivity contribution in [3.8, 4) is 0 Å². The predicted octanol–water partition coefficient (Wildman–Crippen LogP) is 3.05. The van der Waals surface area contributed by atoms with Crippen molar-refractivity contribution in [2.75, 3.05) is 22.5 Å². The molecule has 22 heavy (non-hydrogen) atoms. The van der Waals surface area contributed by atoms with Crippen LogP contribution in [0.4, 0.5) is 17.1 Å². The summed E-state index contributed by atoms with van der Waals surface area (Å²) in [5.74, 6) is -0.0403. The number of nitrogens with two attached hydrogens (primary N) is 1. The fourth-order valence-electron chi connectivity index (χ4n) is 2.96. The van der Waals surface area contributed by atoms with E-state index in [9.17, 15) is 4.79 Å². The number of benzene rings is 2. The van der Waals surface area contributed by atoms with Gasteiger partial charge >= 0.3 is 0 Å². The zero-order valence-corrected chi connectivity index (χ0v) is 12.8. The summed E-state index contributed by atoms with van der Waals surface area (Å²) in [5.41, 5.74) is 9.61. The van der Waals surface area contributed by atoms with Gasteiger partial charge in [0.05, 0.1) is 17.9 Å². The number of nitrogens with zero attached hydrogens (tertiary/aromatic N) is 1. The van der Waals surface area contributed by atoms with Gasteiger partial charge in [0, 0.05) is 11.7 Å². The Balaban J connectivity index is 1.75. The molecule has 0 fully saturated rings. The second-order valence-electron chi connectivity index (χ2n) is 5.78. The molecule has 3 N–H and O–H groups in total.